The molecule has 1 aromatic rings. The van der Waals surface area contributed by atoms with E-state index in [1.807, 2.05) is 0 Å². The fourth-order valence-corrected chi connectivity index (χ4v) is 1.64. The second kappa shape index (κ2) is 8.56. The maximum Gasteiger partial charge on any atom is 0.343 e. The highest BCUT2D eigenvalue weighted by Gasteiger charge is 2.33. The third-order valence-corrected chi connectivity index (χ3v) is 2.96. The van der Waals surface area contributed by atoms with E-state index in [-0.39, 0.29) is 6.61 Å². The van der Waals surface area contributed by atoms with Crippen molar-refractivity contribution in [3.05, 3.63) is 46.4 Å². The molecule has 0 spiro atoms. The number of rotatable bonds is 7. The van der Waals surface area contributed by atoms with E-state index in [1.165, 1.54) is 13.8 Å². The van der Waals surface area contributed by atoms with Gasteiger partial charge in [0.05, 0.1) is 13.2 Å². The Bertz CT molecular complexity index is 691. The number of halogens is 5. The summed E-state index contributed by atoms with van der Waals surface area (Å²) in [5, 5.41) is 11.2. The molecule has 0 saturated heterocycles. The molecule has 0 aliphatic carbocycles. The van der Waals surface area contributed by atoms with Crippen LogP contribution in [0.15, 0.2) is 11.8 Å². The molecular weight excluding hydrogens is 353 g/mol. The molecule has 0 aliphatic rings. The van der Waals surface area contributed by atoms with Crippen molar-refractivity contribution in [3.8, 4) is 0 Å². The van der Waals surface area contributed by atoms with E-state index in [4.69, 9.17) is 5.11 Å². The van der Waals surface area contributed by atoms with E-state index < -0.39 is 64.6 Å². The minimum Gasteiger partial charge on any atom is -0.462 e. The molecule has 0 aromatic heterocycles. The Morgan fingerprint density at radius 3 is 2.00 bits per heavy atom. The van der Waals surface area contributed by atoms with Crippen molar-refractivity contribution in [1.82, 2.24) is 5.32 Å². The highest BCUT2D eigenvalue weighted by atomic mass is 19.2. The van der Waals surface area contributed by atoms with Crippen LogP contribution in [0.5, 0.6) is 0 Å². The van der Waals surface area contributed by atoms with Crippen LogP contribution >= 0.6 is 0 Å². The van der Waals surface area contributed by atoms with Gasteiger partial charge in [0.25, 0.3) is 0 Å². The predicted octanol–water partition coefficient (Wildman–Crippen LogP) is 1.98. The molecule has 10 heteroatoms. The van der Waals surface area contributed by atoms with Gasteiger partial charge in [-0.1, -0.05) is 0 Å². The van der Waals surface area contributed by atoms with E-state index in [0.29, 0.717) is 6.20 Å². The van der Waals surface area contributed by atoms with Crippen LogP contribution in [0.1, 0.15) is 24.2 Å². The Balaban J connectivity index is 3.47. The monoisotopic (exact) mass is 367 g/mol. The molecule has 0 saturated carbocycles. The molecule has 2 N–H and O–H groups in total. The maximum atomic E-state index is 13.7. The Hall–Kier alpha value is -2.49. The van der Waals surface area contributed by atoms with Gasteiger partial charge in [0.2, 0.25) is 11.6 Å². The Kier molecular flexibility index (Phi) is 7.04. The molecule has 0 fully saturated rings. The molecule has 0 radical (unpaired) electrons. The molecular formula is C15H14F5NO4. The molecule has 25 heavy (non-hydrogen) atoms. The molecule has 1 aromatic carbocycles. The number of hydrogen-bond acceptors (Lipinski definition) is 5. The number of nitrogens with one attached hydrogen (secondary N) is 1. The molecule has 0 heterocycles. The number of hydrogen-bond donors (Lipinski definition) is 2. The summed E-state index contributed by atoms with van der Waals surface area (Å²) in [4.78, 5) is 24.0. The summed E-state index contributed by atoms with van der Waals surface area (Å²) in [5.41, 5.74) is -2.78. The second-order valence-electron chi connectivity index (χ2n) is 4.80. The average Bonchev–Trinajstić information content (AvgIpc) is 2.58. The summed E-state index contributed by atoms with van der Waals surface area (Å²) >= 11 is 0. The summed E-state index contributed by atoms with van der Waals surface area (Å²) < 4.78 is 71.6. The topological polar surface area (TPSA) is 75.6 Å². The molecule has 0 bridgehead atoms. The van der Waals surface area contributed by atoms with Crippen molar-refractivity contribution in [2.24, 2.45) is 0 Å². The van der Waals surface area contributed by atoms with Crippen LogP contribution in [-0.4, -0.2) is 36.1 Å². The van der Waals surface area contributed by atoms with Crippen molar-refractivity contribution in [3.63, 3.8) is 0 Å². The number of esters is 1. The maximum absolute atomic E-state index is 13.7. The molecule has 0 amide bonds. The third-order valence-electron chi connectivity index (χ3n) is 2.96. The lowest BCUT2D eigenvalue weighted by atomic mass is 10.0. The zero-order valence-corrected chi connectivity index (χ0v) is 13.1. The number of carbonyl (C=O) groups excluding carboxylic acids is 2. The van der Waals surface area contributed by atoms with E-state index in [1.54, 1.807) is 0 Å². The first-order valence-electron chi connectivity index (χ1n) is 6.97. The summed E-state index contributed by atoms with van der Waals surface area (Å²) in [6, 6.07) is -0.673. The molecule has 1 rings (SSSR count). The Morgan fingerprint density at radius 1 is 1.08 bits per heavy atom. The largest absolute Gasteiger partial charge is 0.462 e. The van der Waals surface area contributed by atoms with Crippen molar-refractivity contribution in [2.45, 2.75) is 19.9 Å². The molecule has 138 valence electrons. The third kappa shape index (κ3) is 4.32. The average molecular weight is 367 g/mol. The first-order valence-corrected chi connectivity index (χ1v) is 6.97. The number of benzene rings is 1. The second-order valence-corrected chi connectivity index (χ2v) is 4.80. The number of aliphatic hydroxyl groups excluding tert-OH is 1. The smallest absolute Gasteiger partial charge is 0.343 e. The van der Waals surface area contributed by atoms with Gasteiger partial charge >= 0.3 is 5.97 Å². The van der Waals surface area contributed by atoms with Crippen molar-refractivity contribution < 1.29 is 41.4 Å². The number of Topliss-reactive ketones (excluding diaryl/α,β-unsaturated/α-hetero) is 1. The minimum atomic E-state index is -2.43. The van der Waals surface area contributed by atoms with Crippen molar-refractivity contribution >= 4 is 11.8 Å². The van der Waals surface area contributed by atoms with E-state index in [9.17, 15) is 31.5 Å². The van der Waals surface area contributed by atoms with E-state index in [0.717, 1.165) is 0 Å². The Morgan fingerprint density at radius 2 is 1.56 bits per heavy atom. The first kappa shape index (κ1) is 20.6. The SMILES string of the molecule is CCOC(=O)C(=CNC(C)CO)C(=O)c1c(F)c(F)c(F)c(F)c1F. The van der Waals surface area contributed by atoms with Crippen molar-refractivity contribution in [1.29, 1.82) is 0 Å². The normalized spacial score (nSPS) is 12.7. The first-order chi connectivity index (χ1) is 11.7. The summed E-state index contributed by atoms with van der Waals surface area (Å²) in [6.45, 7) is 2.17. The van der Waals surface area contributed by atoms with Gasteiger partial charge in [0.15, 0.2) is 23.3 Å². The fourth-order valence-electron chi connectivity index (χ4n) is 1.64. The minimum absolute atomic E-state index is 0.212. The lowest BCUT2D eigenvalue weighted by Crippen LogP contribution is -2.28. The quantitative estimate of drug-likeness (QED) is 0.113. The zero-order chi connectivity index (χ0) is 19.3. The van der Waals surface area contributed by atoms with Crippen LogP contribution in [0, 0.1) is 29.1 Å². The number of carbonyl (C=O) groups is 2. The van der Waals surface area contributed by atoms with E-state index >= 15 is 0 Å². The van der Waals surface area contributed by atoms with Crippen LogP contribution < -0.4 is 5.32 Å². The lowest BCUT2D eigenvalue weighted by molar-refractivity contribution is -0.138. The van der Waals surface area contributed by atoms with Gasteiger partial charge in [-0.15, -0.1) is 0 Å². The highest BCUT2D eigenvalue weighted by molar-refractivity contribution is 6.24. The Labute approximate surface area is 139 Å². The van der Waals surface area contributed by atoms with Gasteiger partial charge in [0.1, 0.15) is 11.1 Å². The van der Waals surface area contributed by atoms with Crippen LogP contribution in [0.4, 0.5) is 22.0 Å². The van der Waals surface area contributed by atoms with Gasteiger partial charge in [-0.05, 0) is 13.8 Å². The number of aliphatic hydroxyl groups is 1. The van der Waals surface area contributed by atoms with Gasteiger partial charge in [-0.25, -0.2) is 26.7 Å². The highest BCUT2D eigenvalue weighted by Crippen LogP contribution is 2.25. The summed E-state index contributed by atoms with van der Waals surface area (Å²) in [7, 11) is 0. The number of ether oxygens (including phenoxy) is 1. The van der Waals surface area contributed by atoms with Crippen LogP contribution in [0.3, 0.4) is 0 Å². The molecule has 1 atom stereocenters. The van der Waals surface area contributed by atoms with Crippen LogP contribution in [0.25, 0.3) is 0 Å². The fraction of sp³-hybridized carbons (Fsp3) is 0.333. The molecule has 5 nitrogen and oxygen atoms in total. The lowest BCUT2D eigenvalue weighted by Gasteiger charge is -2.12. The van der Waals surface area contributed by atoms with Crippen LogP contribution in [-0.2, 0) is 9.53 Å². The van der Waals surface area contributed by atoms with Gasteiger partial charge in [-0.2, -0.15) is 0 Å². The van der Waals surface area contributed by atoms with Crippen molar-refractivity contribution in [2.75, 3.05) is 13.2 Å². The zero-order valence-electron chi connectivity index (χ0n) is 13.1. The van der Waals surface area contributed by atoms with Gasteiger partial charge in [-0.3, -0.25) is 4.79 Å². The van der Waals surface area contributed by atoms with Crippen LogP contribution in [0.2, 0.25) is 0 Å². The van der Waals surface area contributed by atoms with Gasteiger partial charge < -0.3 is 15.2 Å². The molecule has 1 unspecified atom stereocenters. The van der Waals surface area contributed by atoms with Gasteiger partial charge in [0, 0.05) is 12.2 Å². The molecule has 0 aliphatic heterocycles. The summed E-state index contributed by atoms with van der Waals surface area (Å²) in [5.74, 6) is -14.9. The standard InChI is InChI=1S/C15H14F5NO4/c1-3-25-15(24)7(4-21-6(2)5-22)14(23)8-9(16)11(18)13(20)12(19)10(8)17/h4,6,21-22H,3,5H2,1-2H3. The number of ketones is 1. The predicted molar refractivity (Wildman–Crippen MR) is 75.0 cm³/mol. The van der Waals surface area contributed by atoms with E-state index in [2.05, 4.69) is 10.1 Å². The summed E-state index contributed by atoms with van der Waals surface area (Å²) in [6.07, 6.45) is 0.680.